The van der Waals surface area contributed by atoms with Crippen molar-refractivity contribution in [2.45, 2.75) is 39.0 Å². The van der Waals surface area contributed by atoms with Crippen molar-refractivity contribution in [2.24, 2.45) is 0 Å². The molecule has 0 amide bonds. The van der Waals surface area contributed by atoms with Gasteiger partial charge in [-0.05, 0) is 56.1 Å². The summed E-state index contributed by atoms with van der Waals surface area (Å²) in [6, 6.07) is 4.89. The number of aliphatic hydroxyl groups is 1. The molecule has 0 fully saturated rings. The van der Waals surface area contributed by atoms with Crippen molar-refractivity contribution in [1.82, 2.24) is 29.3 Å². The molecule has 9 heteroatoms. The number of hydrogen-bond acceptors (Lipinski definition) is 5. The normalized spacial score (nSPS) is 15.3. The number of nitrogens with zero attached hydrogens (tertiary/aromatic N) is 6. The molecule has 1 N–H and O–H groups in total. The number of aliphatic hydroxyl groups excluding tert-OH is 1. The molecule has 0 radical (unpaired) electrons. The van der Waals surface area contributed by atoms with E-state index in [1.165, 1.54) is 17.8 Å². The first-order valence-electron chi connectivity index (χ1n) is 10.6. The van der Waals surface area contributed by atoms with E-state index in [0.717, 1.165) is 53.7 Å². The van der Waals surface area contributed by atoms with Gasteiger partial charge in [-0.25, -0.2) is 8.91 Å². The largest absolute Gasteiger partial charge is 0.387 e. The van der Waals surface area contributed by atoms with Crippen LogP contribution in [0.3, 0.4) is 0 Å². The molecule has 4 aromatic heterocycles. The summed E-state index contributed by atoms with van der Waals surface area (Å²) < 4.78 is 17.0. The molecule has 32 heavy (non-hydrogen) atoms. The van der Waals surface area contributed by atoms with Crippen molar-refractivity contribution >= 4 is 17.1 Å². The van der Waals surface area contributed by atoms with Crippen molar-refractivity contribution in [3.63, 3.8) is 0 Å². The van der Waals surface area contributed by atoms with Crippen LogP contribution in [0.1, 0.15) is 35.0 Å². The van der Waals surface area contributed by atoms with Crippen LogP contribution >= 0.6 is 11.6 Å². The maximum Gasteiger partial charge on any atom is 0.141 e. The first-order valence-corrected chi connectivity index (χ1v) is 11.0. The fourth-order valence-corrected chi connectivity index (χ4v) is 4.61. The highest BCUT2D eigenvalue weighted by Crippen LogP contribution is 2.32. The number of halogens is 2. The second-order valence-corrected chi connectivity index (χ2v) is 8.78. The number of fused-ring (bicyclic) bond motifs is 2. The van der Waals surface area contributed by atoms with Gasteiger partial charge < -0.3 is 5.11 Å². The predicted molar refractivity (Wildman–Crippen MR) is 120 cm³/mol. The third-order valence-corrected chi connectivity index (χ3v) is 6.41. The molecule has 0 saturated carbocycles. The van der Waals surface area contributed by atoms with Gasteiger partial charge >= 0.3 is 0 Å². The van der Waals surface area contributed by atoms with E-state index in [1.54, 1.807) is 10.7 Å². The van der Waals surface area contributed by atoms with Crippen LogP contribution in [0.4, 0.5) is 4.39 Å². The molecule has 1 atom stereocenters. The van der Waals surface area contributed by atoms with Crippen LogP contribution < -0.4 is 0 Å². The SMILES string of the molecule is Cc1c(-c2cc(CCC(O)c3ccc(F)cn3)c3c(Cl)cnn3c2)nn2c1CN(C)CC2. The van der Waals surface area contributed by atoms with E-state index >= 15 is 0 Å². The van der Waals surface area contributed by atoms with Crippen molar-refractivity contribution in [3.05, 3.63) is 70.1 Å². The molecule has 166 valence electrons. The monoisotopic (exact) mass is 454 g/mol. The van der Waals surface area contributed by atoms with E-state index in [9.17, 15) is 9.50 Å². The average Bonchev–Trinajstić information content (AvgIpc) is 3.32. The van der Waals surface area contributed by atoms with Crippen molar-refractivity contribution in [1.29, 1.82) is 0 Å². The minimum atomic E-state index is -0.807. The zero-order valence-corrected chi connectivity index (χ0v) is 18.7. The maximum atomic E-state index is 13.2. The van der Waals surface area contributed by atoms with Crippen LogP contribution in [0.2, 0.25) is 5.02 Å². The Labute approximate surface area is 190 Å². The minimum Gasteiger partial charge on any atom is -0.387 e. The highest BCUT2D eigenvalue weighted by molar-refractivity contribution is 6.34. The Morgan fingerprint density at radius 3 is 2.88 bits per heavy atom. The molecule has 1 aliphatic heterocycles. The fourth-order valence-electron chi connectivity index (χ4n) is 4.36. The second-order valence-electron chi connectivity index (χ2n) is 8.38. The highest BCUT2D eigenvalue weighted by Gasteiger charge is 2.22. The van der Waals surface area contributed by atoms with Crippen LogP contribution in [0.15, 0.2) is 36.8 Å². The molecule has 5 rings (SSSR count). The number of pyridine rings is 2. The van der Waals surface area contributed by atoms with Crippen LogP contribution in [0.25, 0.3) is 16.8 Å². The van der Waals surface area contributed by atoms with Gasteiger partial charge in [0.05, 0.1) is 52.7 Å². The highest BCUT2D eigenvalue weighted by atomic mass is 35.5. The van der Waals surface area contributed by atoms with Crippen LogP contribution in [0.5, 0.6) is 0 Å². The van der Waals surface area contributed by atoms with Crippen LogP contribution in [-0.4, -0.2) is 48.0 Å². The fraction of sp³-hybridized carbons (Fsp3) is 0.348. The molecule has 4 aromatic rings. The Kier molecular flexibility index (Phi) is 5.44. The smallest absolute Gasteiger partial charge is 0.141 e. The van der Waals surface area contributed by atoms with Gasteiger partial charge in [-0.15, -0.1) is 0 Å². The topological polar surface area (TPSA) is 71.5 Å². The van der Waals surface area contributed by atoms with E-state index < -0.39 is 11.9 Å². The van der Waals surface area contributed by atoms with E-state index in [-0.39, 0.29) is 0 Å². The third kappa shape index (κ3) is 3.79. The Bertz CT molecular complexity index is 1280. The molecule has 0 aromatic carbocycles. The average molecular weight is 455 g/mol. The Hall–Kier alpha value is -2.81. The predicted octanol–water partition coefficient (Wildman–Crippen LogP) is 3.81. The lowest BCUT2D eigenvalue weighted by molar-refractivity contribution is 0.163. The van der Waals surface area contributed by atoms with Gasteiger partial charge in [0, 0.05) is 24.8 Å². The van der Waals surface area contributed by atoms with Gasteiger partial charge in [-0.2, -0.15) is 10.2 Å². The Morgan fingerprint density at radius 1 is 1.25 bits per heavy atom. The van der Waals surface area contributed by atoms with Crippen LogP contribution in [-0.2, 0) is 19.5 Å². The zero-order chi connectivity index (χ0) is 22.4. The standard InChI is InChI=1S/C23H24ClFN6O/c1-14-20-13-29(2)7-8-30(20)28-22(14)16-9-15(23-18(24)11-27-31(23)12-16)3-6-21(32)19-5-4-17(25)10-26-19/h4-5,9-12,21,32H,3,6-8,13H2,1-2H3. The summed E-state index contributed by atoms with van der Waals surface area (Å²) in [5.41, 5.74) is 6.52. The number of aromatic nitrogens is 5. The van der Waals surface area contributed by atoms with Gasteiger partial charge in [0.25, 0.3) is 0 Å². The maximum absolute atomic E-state index is 13.2. The van der Waals surface area contributed by atoms with E-state index in [0.29, 0.717) is 23.6 Å². The summed E-state index contributed by atoms with van der Waals surface area (Å²) in [7, 11) is 2.12. The molecule has 5 heterocycles. The molecule has 1 aliphatic rings. The molecule has 0 bridgehead atoms. The second kappa shape index (κ2) is 8.27. The first kappa shape index (κ1) is 21.1. The molecule has 0 saturated heterocycles. The van der Waals surface area contributed by atoms with Crippen molar-refractivity contribution in [2.75, 3.05) is 13.6 Å². The lowest BCUT2D eigenvalue weighted by Gasteiger charge is -2.23. The minimum absolute atomic E-state index is 0.419. The summed E-state index contributed by atoms with van der Waals surface area (Å²) in [5, 5.41) is 20.4. The van der Waals surface area contributed by atoms with E-state index in [1.807, 2.05) is 6.20 Å². The zero-order valence-electron chi connectivity index (χ0n) is 18.0. The summed E-state index contributed by atoms with van der Waals surface area (Å²) in [6.45, 7) is 4.82. The summed E-state index contributed by atoms with van der Waals surface area (Å²) in [5.74, 6) is -0.425. The lowest BCUT2D eigenvalue weighted by atomic mass is 10.0. The molecule has 0 spiro atoms. The van der Waals surface area contributed by atoms with Gasteiger partial charge in [0.2, 0.25) is 0 Å². The number of likely N-dealkylation sites (N-methyl/N-ethyl adjacent to an activating group) is 1. The van der Waals surface area contributed by atoms with E-state index in [2.05, 4.69) is 39.7 Å². The molecule has 7 nitrogen and oxygen atoms in total. The van der Waals surface area contributed by atoms with Gasteiger partial charge in [0.1, 0.15) is 5.82 Å². The molecule has 1 unspecified atom stereocenters. The quantitative estimate of drug-likeness (QED) is 0.496. The van der Waals surface area contributed by atoms with Gasteiger partial charge in [0.15, 0.2) is 0 Å². The number of hydrogen-bond donors (Lipinski definition) is 1. The van der Waals surface area contributed by atoms with E-state index in [4.69, 9.17) is 16.7 Å². The summed E-state index contributed by atoms with van der Waals surface area (Å²) in [6.07, 6.45) is 4.86. The number of aryl methyl sites for hydroxylation is 1. The Morgan fingerprint density at radius 2 is 2.09 bits per heavy atom. The van der Waals surface area contributed by atoms with Gasteiger partial charge in [-0.3, -0.25) is 14.6 Å². The lowest BCUT2D eigenvalue weighted by Crippen LogP contribution is -2.30. The summed E-state index contributed by atoms with van der Waals surface area (Å²) >= 11 is 6.43. The van der Waals surface area contributed by atoms with Gasteiger partial charge in [-0.1, -0.05) is 11.6 Å². The summed E-state index contributed by atoms with van der Waals surface area (Å²) in [4.78, 5) is 6.29. The Balaban J connectivity index is 1.49. The molecule has 0 aliphatic carbocycles. The van der Waals surface area contributed by atoms with Crippen molar-refractivity contribution in [3.8, 4) is 11.3 Å². The molecular weight excluding hydrogens is 431 g/mol. The van der Waals surface area contributed by atoms with Crippen LogP contribution in [0, 0.1) is 12.7 Å². The first-order chi connectivity index (χ1) is 15.4. The third-order valence-electron chi connectivity index (χ3n) is 6.13. The number of rotatable bonds is 5. The molecular formula is C23H24ClFN6O. The van der Waals surface area contributed by atoms with Crippen molar-refractivity contribution < 1.29 is 9.50 Å².